The molecule has 1 N–H and O–H groups in total. The molecule has 0 aromatic carbocycles. The van der Waals surface area contributed by atoms with Crippen LogP contribution in [0.5, 0.6) is 0 Å². The molecule has 2 saturated heterocycles. The molecule has 3 heterocycles. The number of nitrogens with zero attached hydrogens (tertiary/aromatic N) is 4. The first-order valence-corrected chi connectivity index (χ1v) is 11.2. The molecule has 28 heavy (non-hydrogen) atoms. The fraction of sp³-hybridized carbons (Fsp3) is 0.773. The monoisotopic (exact) mass is 387 g/mol. The molecule has 0 bridgehead atoms. The van der Waals surface area contributed by atoms with Gasteiger partial charge in [0, 0.05) is 43.9 Å². The van der Waals surface area contributed by atoms with Crippen molar-refractivity contribution in [1.29, 1.82) is 0 Å². The molecule has 1 aromatic heterocycles. The van der Waals surface area contributed by atoms with Crippen molar-refractivity contribution < 1.29 is 4.79 Å². The predicted octanol–water partition coefficient (Wildman–Crippen LogP) is 2.94. The van der Waals surface area contributed by atoms with Crippen LogP contribution in [-0.2, 0) is 11.2 Å². The van der Waals surface area contributed by atoms with Gasteiger partial charge in [-0.1, -0.05) is 13.8 Å². The van der Waals surface area contributed by atoms with Gasteiger partial charge in [0.05, 0.1) is 0 Å². The van der Waals surface area contributed by atoms with Crippen LogP contribution in [0.3, 0.4) is 0 Å². The van der Waals surface area contributed by atoms with E-state index in [9.17, 15) is 4.79 Å². The predicted molar refractivity (Wildman–Crippen MR) is 114 cm³/mol. The third-order valence-electron chi connectivity index (χ3n) is 6.40. The van der Waals surface area contributed by atoms with Crippen molar-refractivity contribution >= 4 is 11.7 Å². The highest BCUT2D eigenvalue weighted by atomic mass is 16.1. The minimum atomic E-state index is 0.226. The van der Waals surface area contributed by atoms with Gasteiger partial charge in [-0.05, 0) is 64.5 Å². The van der Waals surface area contributed by atoms with Gasteiger partial charge in [-0.25, -0.2) is 9.97 Å². The first-order chi connectivity index (χ1) is 13.6. The largest absolute Gasteiger partial charge is 0.356 e. The second-order valence-electron chi connectivity index (χ2n) is 8.32. The van der Waals surface area contributed by atoms with E-state index in [0.29, 0.717) is 18.4 Å². The van der Waals surface area contributed by atoms with Crippen molar-refractivity contribution in [2.45, 2.75) is 71.8 Å². The lowest BCUT2D eigenvalue weighted by Gasteiger charge is -2.33. The van der Waals surface area contributed by atoms with E-state index in [0.717, 1.165) is 69.2 Å². The summed E-state index contributed by atoms with van der Waals surface area (Å²) in [6.07, 6.45) is 7.38. The van der Waals surface area contributed by atoms with Crippen LogP contribution in [0, 0.1) is 12.8 Å². The number of rotatable bonds is 8. The van der Waals surface area contributed by atoms with Gasteiger partial charge >= 0.3 is 0 Å². The lowest BCUT2D eigenvalue weighted by atomic mass is 9.92. The second kappa shape index (κ2) is 10.2. The van der Waals surface area contributed by atoms with Gasteiger partial charge in [0.1, 0.15) is 11.6 Å². The van der Waals surface area contributed by atoms with E-state index < -0.39 is 0 Å². The molecule has 0 aliphatic carbocycles. The van der Waals surface area contributed by atoms with Gasteiger partial charge in [0.2, 0.25) is 5.91 Å². The van der Waals surface area contributed by atoms with Crippen molar-refractivity contribution in [2.75, 3.05) is 37.6 Å². The quantitative estimate of drug-likeness (QED) is 0.743. The summed E-state index contributed by atoms with van der Waals surface area (Å²) in [5.41, 5.74) is 1.12. The zero-order valence-corrected chi connectivity index (χ0v) is 17.9. The Morgan fingerprint density at radius 2 is 1.96 bits per heavy atom. The van der Waals surface area contributed by atoms with Gasteiger partial charge in [0.25, 0.3) is 0 Å². The SMILES string of the molecule is CCc1cc(N2CCC(CCC(=O)NC[C@@H]3CCCN3CC)CC2)nc(C)n1. The molecule has 1 aromatic rings. The summed E-state index contributed by atoms with van der Waals surface area (Å²) in [4.78, 5) is 26.2. The Hall–Kier alpha value is -1.69. The van der Waals surface area contributed by atoms with Crippen LogP contribution in [0.25, 0.3) is 0 Å². The number of amides is 1. The average molecular weight is 388 g/mol. The zero-order valence-electron chi connectivity index (χ0n) is 17.9. The van der Waals surface area contributed by atoms with Crippen LogP contribution < -0.4 is 10.2 Å². The minimum Gasteiger partial charge on any atom is -0.356 e. The van der Waals surface area contributed by atoms with Gasteiger partial charge in [-0.3, -0.25) is 9.69 Å². The summed E-state index contributed by atoms with van der Waals surface area (Å²) in [7, 11) is 0. The maximum atomic E-state index is 12.3. The van der Waals surface area contributed by atoms with E-state index in [1.165, 1.54) is 19.4 Å². The summed E-state index contributed by atoms with van der Waals surface area (Å²) < 4.78 is 0. The average Bonchev–Trinajstić information content (AvgIpc) is 3.18. The Kier molecular flexibility index (Phi) is 7.65. The Bertz CT molecular complexity index is 642. The fourth-order valence-corrected chi connectivity index (χ4v) is 4.60. The lowest BCUT2D eigenvalue weighted by molar-refractivity contribution is -0.121. The highest BCUT2D eigenvalue weighted by Crippen LogP contribution is 2.25. The van der Waals surface area contributed by atoms with Crippen molar-refractivity contribution in [3.05, 3.63) is 17.6 Å². The Labute approximate surface area is 170 Å². The van der Waals surface area contributed by atoms with E-state index >= 15 is 0 Å². The van der Waals surface area contributed by atoms with Crippen molar-refractivity contribution in [2.24, 2.45) is 5.92 Å². The number of hydrogen-bond acceptors (Lipinski definition) is 5. The highest BCUT2D eigenvalue weighted by Gasteiger charge is 2.24. The molecule has 0 unspecified atom stereocenters. The number of likely N-dealkylation sites (N-methyl/N-ethyl adjacent to an activating group) is 1. The van der Waals surface area contributed by atoms with Gasteiger partial charge in [0.15, 0.2) is 0 Å². The third-order valence-corrected chi connectivity index (χ3v) is 6.40. The van der Waals surface area contributed by atoms with Crippen molar-refractivity contribution in [1.82, 2.24) is 20.2 Å². The second-order valence-corrected chi connectivity index (χ2v) is 8.32. The molecule has 2 aliphatic rings. The van der Waals surface area contributed by atoms with E-state index in [2.05, 4.69) is 45.0 Å². The number of carbonyl (C=O) groups excluding carboxylic acids is 1. The summed E-state index contributed by atoms with van der Waals surface area (Å²) in [5.74, 6) is 2.80. The number of nitrogens with one attached hydrogen (secondary N) is 1. The maximum Gasteiger partial charge on any atom is 0.220 e. The molecule has 1 amide bonds. The molecule has 0 saturated carbocycles. The summed E-state index contributed by atoms with van der Waals surface area (Å²) in [6, 6.07) is 2.67. The van der Waals surface area contributed by atoms with Crippen LogP contribution >= 0.6 is 0 Å². The van der Waals surface area contributed by atoms with Crippen LogP contribution in [0.1, 0.15) is 63.9 Å². The zero-order chi connectivity index (χ0) is 19.9. The number of aryl methyl sites for hydroxylation is 2. The molecule has 0 radical (unpaired) electrons. The Balaban J connectivity index is 1.37. The van der Waals surface area contributed by atoms with E-state index in [-0.39, 0.29) is 5.91 Å². The van der Waals surface area contributed by atoms with Crippen LogP contribution in [0.15, 0.2) is 6.07 Å². The number of aromatic nitrogens is 2. The minimum absolute atomic E-state index is 0.226. The van der Waals surface area contributed by atoms with Crippen LogP contribution in [0.2, 0.25) is 0 Å². The fourth-order valence-electron chi connectivity index (χ4n) is 4.60. The highest BCUT2D eigenvalue weighted by molar-refractivity contribution is 5.75. The molecule has 0 spiro atoms. The number of hydrogen-bond donors (Lipinski definition) is 1. The lowest BCUT2D eigenvalue weighted by Crippen LogP contribution is -2.40. The van der Waals surface area contributed by atoms with E-state index in [1.54, 1.807) is 0 Å². The number of likely N-dealkylation sites (tertiary alicyclic amines) is 1. The van der Waals surface area contributed by atoms with Crippen molar-refractivity contribution in [3.8, 4) is 0 Å². The maximum absolute atomic E-state index is 12.3. The van der Waals surface area contributed by atoms with Crippen LogP contribution in [0.4, 0.5) is 5.82 Å². The molecule has 6 heteroatoms. The summed E-state index contributed by atoms with van der Waals surface area (Å²) in [6.45, 7) is 11.5. The molecule has 156 valence electrons. The normalized spacial score (nSPS) is 21.2. The Morgan fingerprint density at radius 1 is 1.18 bits per heavy atom. The molecule has 1 atom stereocenters. The number of anilines is 1. The summed E-state index contributed by atoms with van der Waals surface area (Å²) in [5, 5.41) is 3.17. The molecule has 3 rings (SSSR count). The summed E-state index contributed by atoms with van der Waals surface area (Å²) >= 11 is 0. The third kappa shape index (κ3) is 5.66. The van der Waals surface area contributed by atoms with Gasteiger partial charge in [-0.15, -0.1) is 0 Å². The standard InChI is InChI=1S/C22H37N5O/c1-4-19-15-21(25-17(3)24-19)27-13-10-18(11-14-27)8-9-22(28)23-16-20-7-6-12-26(20)5-2/h15,18,20H,4-14,16H2,1-3H3,(H,23,28)/t20-/m0/s1. The molecule has 6 nitrogen and oxygen atoms in total. The van der Waals surface area contributed by atoms with E-state index in [1.807, 2.05) is 6.92 Å². The van der Waals surface area contributed by atoms with E-state index in [4.69, 9.17) is 0 Å². The number of carbonyl (C=O) groups is 1. The first kappa shape index (κ1) is 21.0. The number of piperidine rings is 1. The molecule has 2 fully saturated rings. The van der Waals surface area contributed by atoms with Gasteiger partial charge in [-0.2, -0.15) is 0 Å². The molecular weight excluding hydrogens is 350 g/mol. The smallest absolute Gasteiger partial charge is 0.220 e. The Morgan fingerprint density at radius 3 is 2.68 bits per heavy atom. The topological polar surface area (TPSA) is 61.4 Å². The van der Waals surface area contributed by atoms with Crippen LogP contribution in [-0.4, -0.2) is 59.5 Å². The van der Waals surface area contributed by atoms with Gasteiger partial charge < -0.3 is 10.2 Å². The van der Waals surface area contributed by atoms with Crippen molar-refractivity contribution in [3.63, 3.8) is 0 Å². The molecular formula is C22H37N5O. The first-order valence-electron chi connectivity index (χ1n) is 11.2. The molecule has 2 aliphatic heterocycles.